The molecule has 88 valence electrons. The molecule has 0 aromatic rings. The molecule has 2 heteroatoms. The molecule has 4 rings (SSSR count). The topological polar surface area (TPSA) is 21.6 Å². The zero-order chi connectivity index (χ0) is 11.2. The summed E-state index contributed by atoms with van der Waals surface area (Å²) in [6.45, 7) is 5.70. The largest absolute Gasteiger partial charge is 0.366 e. The maximum absolute atomic E-state index is 5.04. The summed E-state index contributed by atoms with van der Waals surface area (Å²) in [4.78, 5) is 5.04. The van der Waals surface area contributed by atoms with Gasteiger partial charge in [0.25, 0.3) is 0 Å². The Morgan fingerprint density at radius 2 is 1.69 bits per heavy atom. The third-order valence-corrected chi connectivity index (χ3v) is 5.07. The van der Waals surface area contributed by atoms with Crippen LogP contribution in [0.2, 0.25) is 0 Å². The molecule has 0 heterocycles. The first-order valence-electron chi connectivity index (χ1n) is 6.54. The fraction of sp³-hybridized carbons (Fsp3) is 0.786. The monoisotopic (exact) mass is 219 g/mol. The Bertz CT molecular complexity index is 296. The highest BCUT2D eigenvalue weighted by Gasteiger charge is 2.52. The van der Waals surface area contributed by atoms with Gasteiger partial charge in [-0.25, -0.2) is 0 Å². The van der Waals surface area contributed by atoms with E-state index in [1.54, 1.807) is 0 Å². The van der Waals surface area contributed by atoms with Gasteiger partial charge in [-0.2, -0.15) is 0 Å². The quantitative estimate of drug-likeness (QED) is 0.402. The van der Waals surface area contributed by atoms with Gasteiger partial charge >= 0.3 is 0 Å². The van der Waals surface area contributed by atoms with Crippen LogP contribution < -0.4 is 0 Å². The van der Waals surface area contributed by atoms with Gasteiger partial charge in [0.15, 0.2) is 0 Å². The van der Waals surface area contributed by atoms with E-state index in [4.69, 9.17) is 4.84 Å². The Kier molecular flexibility index (Phi) is 2.34. The van der Waals surface area contributed by atoms with Crippen LogP contribution in [0.1, 0.15) is 45.4 Å². The Morgan fingerprint density at radius 1 is 1.19 bits per heavy atom. The van der Waals surface area contributed by atoms with E-state index >= 15 is 0 Å². The third-order valence-electron chi connectivity index (χ3n) is 5.07. The predicted molar refractivity (Wildman–Crippen MR) is 65.0 cm³/mol. The van der Waals surface area contributed by atoms with E-state index in [1.807, 2.05) is 0 Å². The average molecular weight is 219 g/mol. The number of rotatable bonds is 3. The minimum atomic E-state index is 0.387. The van der Waals surface area contributed by atoms with Crippen LogP contribution >= 0.6 is 0 Å². The summed E-state index contributed by atoms with van der Waals surface area (Å²) in [7, 11) is 0. The van der Waals surface area contributed by atoms with E-state index in [-0.39, 0.29) is 0 Å². The van der Waals surface area contributed by atoms with Gasteiger partial charge in [-0.05, 0) is 63.2 Å². The average Bonchev–Trinajstić information content (AvgIpc) is 2.24. The highest BCUT2D eigenvalue weighted by Crippen LogP contribution is 2.60. The van der Waals surface area contributed by atoms with E-state index < -0.39 is 0 Å². The molecule has 0 N–H and O–H groups in total. The van der Waals surface area contributed by atoms with Crippen molar-refractivity contribution in [3.8, 4) is 0 Å². The van der Waals surface area contributed by atoms with Gasteiger partial charge in [-0.15, -0.1) is 0 Å². The summed E-state index contributed by atoms with van der Waals surface area (Å²) < 4.78 is 0. The lowest BCUT2D eigenvalue weighted by Gasteiger charge is -2.56. The van der Waals surface area contributed by atoms with Gasteiger partial charge < -0.3 is 4.84 Å². The lowest BCUT2D eigenvalue weighted by molar-refractivity contribution is -0.0141. The van der Waals surface area contributed by atoms with Gasteiger partial charge in [-0.1, -0.05) is 11.7 Å². The molecule has 4 aliphatic rings. The Balaban J connectivity index is 1.85. The third kappa shape index (κ3) is 1.50. The first-order valence-corrected chi connectivity index (χ1v) is 6.54. The van der Waals surface area contributed by atoms with E-state index in [9.17, 15) is 0 Å². The van der Waals surface area contributed by atoms with Gasteiger partial charge in [0, 0.05) is 5.41 Å². The van der Waals surface area contributed by atoms with Crippen LogP contribution in [0, 0.1) is 23.2 Å². The van der Waals surface area contributed by atoms with Crippen molar-refractivity contribution in [1.29, 1.82) is 0 Å². The molecule has 4 saturated carbocycles. The fourth-order valence-electron chi connectivity index (χ4n) is 4.77. The van der Waals surface area contributed by atoms with Crippen LogP contribution in [0.25, 0.3) is 0 Å². The fourth-order valence-corrected chi connectivity index (χ4v) is 4.77. The lowest BCUT2D eigenvalue weighted by Crippen LogP contribution is -2.49. The van der Waals surface area contributed by atoms with Gasteiger partial charge in [-0.3, -0.25) is 0 Å². The van der Waals surface area contributed by atoms with Crippen LogP contribution in [0.4, 0.5) is 0 Å². The molecule has 0 radical (unpaired) electrons. The second-order valence-corrected chi connectivity index (χ2v) is 6.15. The van der Waals surface area contributed by atoms with Crippen LogP contribution in [0.3, 0.4) is 0 Å². The van der Waals surface area contributed by atoms with E-state index in [0.29, 0.717) is 5.41 Å². The minimum Gasteiger partial charge on any atom is -0.366 e. The molecule has 0 aromatic carbocycles. The summed E-state index contributed by atoms with van der Waals surface area (Å²) >= 11 is 0. The molecule has 0 saturated heterocycles. The summed E-state index contributed by atoms with van der Waals surface area (Å²) in [5, 5.41) is 4.23. The number of nitrogens with zero attached hydrogens (tertiary/aromatic N) is 1. The van der Waals surface area contributed by atoms with E-state index in [1.165, 1.54) is 50.5 Å². The highest BCUT2D eigenvalue weighted by atomic mass is 16.6. The number of oxime groups is 1. The smallest absolute Gasteiger partial charge is 0.114 e. The standard InChI is InChI=1S/C14H21NO/c1-3-16-15-10(2)14-7-11-4-12(8-14)6-13(5-11)9-14/h3,11-13H,1,4-9H2,2H3/b15-10+. The number of hydrogen-bond donors (Lipinski definition) is 0. The molecular formula is C14H21NO. The van der Waals surface area contributed by atoms with Crippen LogP contribution in [0.15, 0.2) is 18.0 Å². The van der Waals surface area contributed by atoms with Crippen LogP contribution in [0.5, 0.6) is 0 Å². The first kappa shape index (κ1) is 10.4. The maximum Gasteiger partial charge on any atom is 0.114 e. The molecule has 4 fully saturated rings. The zero-order valence-electron chi connectivity index (χ0n) is 10.1. The molecule has 2 nitrogen and oxygen atoms in total. The molecular weight excluding hydrogens is 198 g/mol. The van der Waals surface area contributed by atoms with Crippen LogP contribution in [-0.2, 0) is 4.84 Å². The van der Waals surface area contributed by atoms with Gasteiger partial charge in [0.05, 0.1) is 5.71 Å². The molecule has 0 aliphatic heterocycles. The van der Waals surface area contributed by atoms with Gasteiger partial charge in [0.1, 0.15) is 6.26 Å². The molecule has 0 unspecified atom stereocenters. The summed E-state index contributed by atoms with van der Waals surface area (Å²) in [6.07, 6.45) is 9.93. The minimum absolute atomic E-state index is 0.387. The molecule has 0 spiro atoms. The van der Waals surface area contributed by atoms with Gasteiger partial charge in [0.2, 0.25) is 0 Å². The SMILES string of the molecule is C=CO/N=C(\C)C12CC3CC(CC(C3)C1)C2. The van der Waals surface area contributed by atoms with Crippen molar-refractivity contribution in [2.75, 3.05) is 0 Å². The van der Waals surface area contributed by atoms with Crippen molar-refractivity contribution in [1.82, 2.24) is 0 Å². The summed E-state index contributed by atoms with van der Waals surface area (Å²) in [6, 6.07) is 0. The van der Waals surface area contributed by atoms with Crippen molar-refractivity contribution >= 4 is 5.71 Å². The van der Waals surface area contributed by atoms with Crippen molar-refractivity contribution in [2.24, 2.45) is 28.3 Å². The normalized spacial score (nSPS) is 45.8. The Hall–Kier alpha value is -0.790. The second kappa shape index (κ2) is 3.61. The Morgan fingerprint density at radius 3 is 2.12 bits per heavy atom. The van der Waals surface area contributed by atoms with E-state index in [0.717, 1.165) is 17.8 Å². The van der Waals surface area contributed by atoms with Crippen LogP contribution in [-0.4, -0.2) is 5.71 Å². The van der Waals surface area contributed by atoms with Crippen molar-refractivity contribution in [2.45, 2.75) is 45.4 Å². The molecule has 0 atom stereocenters. The zero-order valence-corrected chi connectivity index (χ0v) is 10.1. The molecule has 0 aromatic heterocycles. The first-order chi connectivity index (χ1) is 7.72. The van der Waals surface area contributed by atoms with Crippen molar-refractivity contribution < 1.29 is 4.84 Å². The maximum atomic E-state index is 5.04. The Labute approximate surface area is 97.7 Å². The number of hydrogen-bond acceptors (Lipinski definition) is 2. The summed E-state index contributed by atoms with van der Waals surface area (Å²) in [5.41, 5.74) is 1.60. The molecule has 0 amide bonds. The lowest BCUT2D eigenvalue weighted by atomic mass is 9.48. The van der Waals surface area contributed by atoms with Crippen molar-refractivity contribution in [3.05, 3.63) is 12.8 Å². The molecule has 4 aliphatic carbocycles. The van der Waals surface area contributed by atoms with E-state index in [2.05, 4.69) is 18.7 Å². The highest BCUT2D eigenvalue weighted by molar-refractivity contribution is 5.88. The molecule has 16 heavy (non-hydrogen) atoms. The predicted octanol–water partition coefficient (Wildman–Crippen LogP) is 3.74. The molecule has 4 bridgehead atoms. The summed E-state index contributed by atoms with van der Waals surface area (Å²) in [5.74, 6) is 2.92. The second-order valence-electron chi connectivity index (χ2n) is 6.15. The van der Waals surface area contributed by atoms with Crippen molar-refractivity contribution in [3.63, 3.8) is 0 Å².